The number of hydrogen-bond acceptors (Lipinski definition) is 4. The Kier molecular flexibility index (Phi) is 2.41. The molecule has 0 saturated heterocycles. The van der Waals surface area contributed by atoms with Crippen molar-refractivity contribution < 1.29 is 12.8 Å². The van der Waals surface area contributed by atoms with E-state index in [0.717, 1.165) is 0 Å². The second kappa shape index (κ2) is 3.70. The number of aromatic nitrogens is 1. The molecular formula is C14H15NO3S. The van der Waals surface area contributed by atoms with Crippen LogP contribution in [0.15, 0.2) is 27.5 Å². The molecule has 0 unspecified atom stereocenters. The standard InChI is InChI=1S/C14H15NO3S/c1-14(2,3)13-15-10-7-6-9-5-4-8-19(16,17)12(9)11(10)18-13/h4-7H,8H2,1-3H3. The normalized spacial score (nSPS) is 17.6. The van der Waals surface area contributed by atoms with Crippen LogP contribution in [-0.4, -0.2) is 19.2 Å². The van der Waals surface area contributed by atoms with Crippen LogP contribution in [0.4, 0.5) is 0 Å². The summed E-state index contributed by atoms with van der Waals surface area (Å²) in [4.78, 5) is 4.68. The average Bonchev–Trinajstić information content (AvgIpc) is 2.71. The Morgan fingerprint density at radius 3 is 2.68 bits per heavy atom. The Morgan fingerprint density at radius 2 is 2.00 bits per heavy atom. The van der Waals surface area contributed by atoms with Crippen molar-refractivity contribution in [2.75, 3.05) is 5.75 Å². The van der Waals surface area contributed by atoms with Gasteiger partial charge in [-0.25, -0.2) is 13.4 Å². The highest BCUT2D eigenvalue weighted by molar-refractivity contribution is 7.92. The summed E-state index contributed by atoms with van der Waals surface area (Å²) in [6, 6.07) is 3.58. The van der Waals surface area contributed by atoms with Crippen LogP contribution in [0, 0.1) is 0 Å². The van der Waals surface area contributed by atoms with Crippen molar-refractivity contribution in [3.63, 3.8) is 0 Å². The van der Waals surface area contributed by atoms with E-state index in [1.54, 1.807) is 18.2 Å². The van der Waals surface area contributed by atoms with E-state index in [1.807, 2.05) is 26.8 Å². The van der Waals surface area contributed by atoms with E-state index in [-0.39, 0.29) is 16.1 Å². The van der Waals surface area contributed by atoms with E-state index in [4.69, 9.17) is 4.42 Å². The fourth-order valence-electron chi connectivity index (χ4n) is 2.14. The first-order valence-corrected chi connectivity index (χ1v) is 7.77. The molecule has 0 atom stereocenters. The predicted octanol–water partition coefficient (Wildman–Crippen LogP) is 2.93. The Balaban J connectivity index is 2.40. The van der Waals surface area contributed by atoms with Gasteiger partial charge in [0.1, 0.15) is 10.4 Å². The summed E-state index contributed by atoms with van der Waals surface area (Å²) < 4.78 is 30.2. The molecule has 3 rings (SSSR count). The van der Waals surface area contributed by atoms with E-state index >= 15 is 0 Å². The summed E-state index contributed by atoms with van der Waals surface area (Å²) in [7, 11) is -3.32. The maximum atomic E-state index is 12.2. The number of hydrogen-bond donors (Lipinski definition) is 0. The van der Waals surface area contributed by atoms with Crippen molar-refractivity contribution in [2.24, 2.45) is 0 Å². The molecule has 0 saturated carbocycles. The molecule has 0 amide bonds. The third kappa shape index (κ3) is 1.89. The molecule has 1 aliphatic rings. The Morgan fingerprint density at radius 1 is 1.26 bits per heavy atom. The minimum absolute atomic E-state index is 0.0185. The first-order valence-electron chi connectivity index (χ1n) is 6.12. The van der Waals surface area contributed by atoms with E-state index in [2.05, 4.69) is 4.98 Å². The summed E-state index contributed by atoms with van der Waals surface area (Å²) in [6.07, 6.45) is 3.47. The first kappa shape index (κ1) is 12.4. The Hall–Kier alpha value is -1.62. The van der Waals surface area contributed by atoms with Crippen LogP contribution in [0.3, 0.4) is 0 Å². The number of nitrogens with zero attached hydrogens (tertiary/aromatic N) is 1. The highest BCUT2D eigenvalue weighted by Gasteiger charge is 2.28. The minimum atomic E-state index is -3.32. The van der Waals surface area contributed by atoms with Crippen molar-refractivity contribution in [3.05, 3.63) is 29.7 Å². The lowest BCUT2D eigenvalue weighted by Crippen LogP contribution is -2.11. The van der Waals surface area contributed by atoms with Gasteiger partial charge in [0.05, 0.1) is 5.75 Å². The third-order valence-corrected chi connectivity index (χ3v) is 4.78. The molecule has 2 aromatic rings. The van der Waals surface area contributed by atoms with Crippen molar-refractivity contribution in [3.8, 4) is 0 Å². The number of rotatable bonds is 0. The summed E-state index contributed by atoms with van der Waals surface area (Å²) >= 11 is 0. The molecule has 1 aliphatic heterocycles. The zero-order chi connectivity index (χ0) is 13.8. The van der Waals surface area contributed by atoms with Gasteiger partial charge in [-0.2, -0.15) is 0 Å². The van der Waals surface area contributed by atoms with Crippen LogP contribution in [0.25, 0.3) is 17.2 Å². The van der Waals surface area contributed by atoms with Crippen LogP contribution >= 0.6 is 0 Å². The van der Waals surface area contributed by atoms with E-state index in [1.165, 1.54) is 0 Å². The van der Waals surface area contributed by atoms with Crippen molar-refractivity contribution in [1.82, 2.24) is 4.98 Å². The molecule has 4 nitrogen and oxygen atoms in total. The van der Waals surface area contributed by atoms with Crippen molar-refractivity contribution >= 4 is 27.0 Å². The lowest BCUT2D eigenvalue weighted by atomic mass is 9.97. The predicted molar refractivity (Wildman–Crippen MR) is 73.8 cm³/mol. The second-order valence-corrected chi connectivity index (χ2v) is 7.76. The number of oxazole rings is 1. The maximum absolute atomic E-state index is 12.2. The molecule has 2 heterocycles. The average molecular weight is 277 g/mol. The van der Waals surface area contributed by atoms with Gasteiger partial charge in [0.25, 0.3) is 0 Å². The summed E-state index contributed by atoms with van der Waals surface area (Å²) in [6.45, 7) is 5.95. The van der Waals surface area contributed by atoms with Gasteiger partial charge in [-0.1, -0.05) is 39.0 Å². The summed E-state index contributed by atoms with van der Waals surface area (Å²) in [5.41, 5.74) is 1.41. The van der Waals surface area contributed by atoms with Gasteiger partial charge < -0.3 is 4.42 Å². The fourth-order valence-corrected chi connectivity index (χ4v) is 3.58. The molecule has 100 valence electrons. The Bertz CT molecular complexity index is 792. The number of fused-ring (bicyclic) bond motifs is 3. The monoisotopic (exact) mass is 277 g/mol. The summed E-state index contributed by atoms with van der Waals surface area (Å²) in [5, 5.41) is 0. The lowest BCUT2D eigenvalue weighted by molar-refractivity contribution is 0.408. The van der Waals surface area contributed by atoms with Gasteiger partial charge >= 0.3 is 0 Å². The molecule has 0 aliphatic carbocycles. The molecule has 0 spiro atoms. The smallest absolute Gasteiger partial charge is 0.200 e. The highest BCUT2D eigenvalue weighted by Crippen LogP contribution is 2.34. The molecule has 19 heavy (non-hydrogen) atoms. The lowest BCUT2D eigenvalue weighted by Gasteiger charge is -2.12. The molecule has 1 aromatic heterocycles. The van der Waals surface area contributed by atoms with E-state index in [9.17, 15) is 8.42 Å². The maximum Gasteiger partial charge on any atom is 0.200 e. The van der Waals surface area contributed by atoms with Gasteiger partial charge in [-0.3, -0.25) is 0 Å². The van der Waals surface area contributed by atoms with Crippen LogP contribution in [0.5, 0.6) is 0 Å². The van der Waals surface area contributed by atoms with Gasteiger partial charge in [0.15, 0.2) is 15.4 Å². The van der Waals surface area contributed by atoms with Crippen molar-refractivity contribution in [1.29, 1.82) is 0 Å². The van der Waals surface area contributed by atoms with Gasteiger partial charge in [-0.15, -0.1) is 0 Å². The molecule has 5 heteroatoms. The molecule has 1 aromatic carbocycles. The zero-order valence-electron chi connectivity index (χ0n) is 11.1. The van der Waals surface area contributed by atoms with Gasteiger partial charge in [0, 0.05) is 5.41 Å². The topological polar surface area (TPSA) is 60.2 Å². The fraction of sp³-hybridized carbons (Fsp3) is 0.357. The van der Waals surface area contributed by atoms with Gasteiger partial charge in [-0.05, 0) is 11.6 Å². The third-order valence-electron chi connectivity index (χ3n) is 3.11. The van der Waals surface area contributed by atoms with E-state index < -0.39 is 9.84 Å². The van der Waals surface area contributed by atoms with Crippen LogP contribution in [0.1, 0.15) is 32.2 Å². The molecular weight excluding hydrogens is 262 g/mol. The van der Waals surface area contributed by atoms with Crippen LogP contribution < -0.4 is 0 Å². The first-order chi connectivity index (χ1) is 8.79. The van der Waals surface area contributed by atoms with Crippen molar-refractivity contribution in [2.45, 2.75) is 31.1 Å². The quantitative estimate of drug-likeness (QED) is 0.743. The second-order valence-electron chi connectivity index (χ2n) is 5.78. The van der Waals surface area contributed by atoms with E-state index in [0.29, 0.717) is 22.6 Å². The highest BCUT2D eigenvalue weighted by atomic mass is 32.2. The molecule has 0 radical (unpaired) electrons. The molecule has 0 N–H and O–H groups in total. The number of benzene rings is 1. The summed E-state index contributed by atoms with van der Waals surface area (Å²) in [5.74, 6) is 0.575. The minimum Gasteiger partial charge on any atom is -0.439 e. The largest absolute Gasteiger partial charge is 0.439 e. The molecule has 0 bridgehead atoms. The Labute approximate surface area is 112 Å². The number of sulfone groups is 1. The zero-order valence-corrected chi connectivity index (χ0v) is 11.9. The van der Waals surface area contributed by atoms with Crippen LogP contribution in [-0.2, 0) is 15.3 Å². The molecule has 0 fully saturated rings. The van der Waals surface area contributed by atoms with Crippen LogP contribution in [0.2, 0.25) is 0 Å². The van der Waals surface area contributed by atoms with Gasteiger partial charge in [0.2, 0.25) is 5.89 Å². The SMILES string of the molecule is CC(C)(C)c1nc2ccc3c(c2o1)S(=O)(=O)CC=C3.